The van der Waals surface area contributed by atoms with E-state index < -0.39 is 0 Å². The first-order chi connectivity index (χ1) is 7.75. The Hall–Kier alpha value is -0.800. The van der Waals surface area contributed by atoms with Crippen molar-refractivity contribution in [1.29, 1.82) is 0 Å². The molecule has 1 aromatic heterocycles. The van der Waals surface area contributed by atoms with E-state index in [9.17, 15) is 0 Å². The second-order valence-electron chi connectivity index (χ2n) is 4.95. The Kier molecular flexibility index (Phi) is 4.02. The Bertz CT molecular complexity index is 295. The summed E-state index contributed by atoms with van der Waals surface area (Å²) < 4.78 is 5.28. The van der Waals surface area contributed by atoms with E-state index in [0.29, 0.717) is 6.04 Å². The molecule has 0 bridgehead atoms. The lowest BCUT2D eigenvalue weighted by atomic mass is 10.1. The first kappa shape index (κ1) is 11.7. The standard InChI is InChI=1S/C13H22N2O/c1-11(2)15-6-5-12(10-15)8-14-9-13-4-3-7-16-13/h3-4,7,11-12,14H,5-6,8-10H2,1-2H3. The third-order valence-electron chi connectivity index (χ3n) is 3.36. The highest BCUT2D eigenvalue weighted by Crippen LogP contribution is 2.17. The van der Waals surface area contributed by atoms with Crippen molar-refractivity contribution in [1.82, 2.24) is 10.2 Å². The Morgan fingerprint density at radius 3 is 3.06 bits per heavy atom. The van der Waals surface area contributed by atoms with Gasteiger partial charge in [-0.05, 0) is 51.4 Å². The molecule has 1 unspecified atom stereocenters. The van der Waals surface area contributed by atoms with E-state index in [1.165, 1.54) is 19.5 Å². The molecule has 3 heteroatoms. The third-order valence-corrected chi connectivity index (χ3v) is 3.36. The van der Waals surface area contributed by atoms with Crippen LogP contribution in [-0.2, 0) is 6.54 Å². The summed E-state index contributed by atoms with van der Waals surface area (Å²) in [6, 6.07) is 4.64. The van der Waals surface area contributed by atoms with Gasteiger partial charge in [-0.2, -0.15) is 0 Å². The molecule has 1 N–H and O–H groups in total. The van der Waals surface area contributed by atoms with E-state index in [4.69, 9.17) is 4.42 Å². The van der Waals surface area contributed by atoms with Gasteiger partial charge in [-0.25, -0.2) is 0 Å². The quantitative estimate of drug-likeness (QED) is 0.827. The molecular formula is C13H22N2O. The topological polar surface area (TPSA) is 28.4 Å². The van der Waals surface area contributed by atoms with E-state index >= 15 is 0 Å². The normalized spacial score (nSPS) is 22.1. The first-order valence-corrected chi connectivity index (χ1v) is 6.23. The van der Waals surface area contributed by atoms with Crippen molar-refractivity contribution in [3.05, 3.63) is 24.2 Å². The third kappa shape index (κ3) is 3.09. The highest BCUT2D eigenvalue weighted by Gasteiger charge is 2.23. The maximum atomic E-state index is 5.28. The molecule has 2 rings (SSSR count). The molecule has 1 fully saturated rings. The molecule has 0 saturated carbocycles. The number of hydrogen-bond acceptors (Lipinski definition) is 3. The van der Waals surface area contributed by atoms with E-state index in [1.54, 1.807) is 6.26 Å². The fourth-order valence-electron chi connectivity index (χ4n) is 2.31. The van der Waals surface area contributed by atoms with Crippen LogP contribution in [0.25, 0.3) is 0 Å². The lowest BCUT2D eigenvalue weighted by Gasteiger charge is -2.20. The van der Waals surface area contributed by atoms with Gasteiger partial charge in [0.1, 0.15) is 5.76 Å². The van der Waals surface area contributed by atoms with Gasteiger partial charge in [0.25, 0.3) is 0 Å². The molecule has 0 spiro atoms. The largest absolute Gasteiger partial charge is 0.468 e. The number of hydrogen-bond donors (Lipinski definition) is 1. The molecule has 2 heterocycles. The van der Waals surface area contributed by atoms with Gasteiger partial charge in [0.2, 0.25) is 0 Å². The molecule has 0 aromatic carbocycles. The number of nitrogens with zero attached hydrogens (tertiary/aromatic N) is 1. The van der Waals surface area contributed by atoms with Crippen LogP contribution in [0.5, 0.6) is 0 Å². The first-order valence-electron chi connectivity index (χ1n) is 6.23. The number of nitrogens with one attached hydrogen (secondary N) is 1. The average molecular weight is 222 g/mol. The lowest BCUT2D eigenvalue weighted by molar-refractivity contribution is 0.263. The van der Waals surface area contributed by atoms with Crippen LogP contribution in [-0.4, -0.2) is 30.6 Å². The van der Waals surface area contributed by atoms with Crippen molar-refractivity contribution < 1.29 is 4.42 Å². The van der Waals surface area contributed by atoms with Crippen molar-refractivity contribution in [3.8, 4) is 0 Å². The fourth-order valence-corrected chi connectivity index (χ4v) is 2.31. The molecule has 1 saturated heterocycles. The van der Waals surface area contributed by atoms with Gasteiger partial charge in [0.05, 0.1) is 12.8 Å². The fraction of sp³-hybridized carbons (Fsp3) is 0.692. The van der Waals surface area contributed by atoms with Gasteiger partial charge in [-0.3, -0.25) is 0 Å². The molecule has 90 valence electrons. The van der Waals surface area contributed by atoms with Crippen LogP contribution in [0.15, 0.2) is 22.8 Å². The minimum atomic E-state index is 0.690. The Balaban J connectivity index is 1.64. The zero-order valence-corrected chi connectivity index (χ0v) is 10.3. The van der Waals surface area contributed by atoms with Crippen LogP contribution in [0, 0.1) is 5.92 Å². The zero-order valence-electron chi connectivity index (χ0n) is 10.3. The second kappa shape index (κ2) is 5.51. The number of furan rings is 1. The minimum absolute atomic E-state index is 0.690. The van der Waals surface area contributed by atoms with Gasteiger partial charge in [0, 0.05) is 12.6 Å². The van der Waals surface area contributed by atoms with Crippen molar-refractivity contribution in [2.24, 2.45) is 5.92 Å². The lowest BCUT2D eigenvalue weighted by Crippen LogP contribution is -2.30. The monoisotopic (exact) mass is 222 g/mol. The Labute approximate surface area is 97.8 Å². The summed E-state index contributed by atoms with van der Waals surface area (Å²) in [6.07, 6.45) is 3.05. The molecule has 0 aliphatic carbocycles. The van der Waals surface area contributed by atoms with Crippen molar-refractivity contribution in [2.75, 3.05) is 19.6 Å². The van der Waals surface area contributed by atoms with Crippen LogP contribution in [0.2, 0.25) is 0 Å². The van der Waals surface area contributed by atoms with E-state index in [-0.39, 0.29) is 0 Å². The van der Waals surface area contributed by atoms with Gasteiger partial charge >= 0.3 is 0 Å². The van der Waals surface area contributed by atoms with Crippen LogP contribution >= 0.6 is 0 Å². The average Bonchev–Trinajstić information content (AvgIpc) is 2.87. The number of rotatable bonds is 5. The van der Waals surface area contributed by atoms with Crippen LogP contribution in [0.4, 0.5) is 0 Å². The van der Waals surface area contributed by atoms with Crippen molar-refractivity contribution in [3.63, 3.8) is 0 Å². The highest BCUT2D eigenvalue weighted by atomic mass is 16.3. The summed E-state index contributed by atoms with van der Waals surface area (Å²) in [5.41, 5.74) is 0. The molecule has 1 aliphatic heterocycles. The molecule has 1 atom stereocenters. The molecular weight excluding hydrogens is 200 g/mol. The Morgan fingerprint density at radius 2 is 2.44 bits per heavy atom. The highest BCUT2D eigenvalue weighted by molar-refractivity contribution is 4.97. The summed E-state index contributed by atoms with van der Waals surface area (Å²) >= 11 is 0. The molecule has 1 aromatic rings. The number of likely N-dealkylation sites (tertiary alicyclic amines) is 1. The molecule has 0 amide bonds. The van der Waals surface area contributed by atoms with Gasteiger partial charge in [-0.1, -0.05) is 0 Å². The summed E-state index contributed by atoms with van der Waals surface area (Å²) in [6.45, 7) is 9.00. The molecule has 3 nitrogen and oxygen atoms in total. The van der Waals surface area contributed by atoms with Crippen molar-refractivity contribution in [2.45, 2.75) is 32.9 Å². The Morgan fingerprint density at radius 1 is 1.56 bits per heavy atom. The predicted octanol–water partition coefficient (Wildman–Crippen LogP) is 2.10. The van der Waals surface area contributed by atoms with E-state index in [2.05, 4.69) is 24.1 Å². The SMILES string of the molecule is CC(C)N1CCC(CNCc2ccco2)C1. The minimum Gasteiger partial charge on any atom is -0.468 e. The zero-order chi connectivity index (χ0) is 11.4. The smallest absolute Gasteiger partial charge is 0.117 e. The molecule has 0 radical (unpaired) electrons. The second-order valence-corrected chi connectivity index (χ2v) is 4.95. The maximum Gasteiger partial charge on any atom is 0.117 e. The van der Waals surface area contributed by atoms with Crippen molar-refractivity contribution >= 4 is 0 Å². The van der Waals surface area contributed by atoms with Gasteiger partial charge < -0.3 is 14.6 Å². The maximum absolute atomic E-state index is 5.28. The van der Waals surface area contributed by atoms with Crippen LogP contribution in [0.1, 0.15) is 26.0 Å². The van der Waals surface area contributed by atoms with Crippen LogP contribution < -0.4 is 5.32 Å². The molecule has 1 aliphatic rings. The van der Waals surface area contributed by atoms with Gasteiger partial charge in [-0.15, -0.1) is 0 Å². The van der Waals surface area contributed by atoms with Gasteiger partial charge in [0.15, 0.2) is 0 Å². The summed E-state index contributed by atoms with van der Waals surface area (Å²) in [4.78, 5) is 2.55. The summed E-state index contributed by atoms with van der Waals surface area (Å²) in [5.74, 6) is 1.83. The summed E-state index contributed by atoms with van der Waals surface area (Å²) in [7, 11) is 0. The van der Waals surface area contributed by atoms with E-state index in [0.717, 1.165) is 24.8 Å². The predicted molar refractivity (Wildman–Crippen MR) is 65.2 cm³/mol. The van der Waals surface area contributed by atoms with Crippen LogP contribution in [0.3, 0.4) is 0 Å². The molecule has 16 heavy (non-hydrogen) atoms. The summed E-state index contributed by atoms with van der Waals surface area (Å²) in [5, 5.41) is 3.47. The van der Waals surface area contributed by atoms with E-state index in [1.807, 2.05) is 12.1 Å².